The Morgan fingerprint density at radius 1 is 1.25 bits per heavy atom. The van der Waals surface area contributed by atoms with E-state index in [-0.39, 0.29) is 12.0 Å². The number of ether oxygens (including phenoxy) is 1. The van der Waals surface area contributed by atoms with Gasteiger partial charge in [-0.25, -0.2) is 0 Å². The molecule has 2 aliphatic rings. The predicted octanol–water partition coefficient (Wildman–Crippen LogP) is 3.79. The third-order valence-electron chi connectivity index (χ3n) is 7.02. The fourth-order valence-electron chi connectivity index (χ4n) is 5.50. The molecule has 0 saturated heterocycles. The molecule has 0 spiro atoms. The molecular weight excluding hydrogens is 300 g/mol. The van der Waals surface area contributed by atoms with Crippen molar-refractivity contribution in [2.24, 2.45) is 11.3 Å². The van der Waals surface area contributed by atoms with Crippen LogP contribution >= 0.6 is 0 Å². The normalized spacial score (nSPS) is 35.5. The number of hydrogen-bond acceptors (Lipinski definition) is 3. The van der Waals surface area contributed by atoms with E-state index in [1.165, 1.54) is 16.7 Å². The standard InChI is InChI=1S/C21H32O3/c1-13(2)14-6-8-16-15(19(14)24-5)7-9-17-20(16,3)11-10-18(23)21(17,4)12-22/h6,8,13,17-18,22-23H,7,9-12H2,1-5H3. The molecule has 1 aromatic rings. The summed E-state index contributed by atoms with van der Waals surface area (Å²) in [6.07, 6.45) is 3.25. The highest BCUT2D eigenvalue weighted by molar-refractivity contribution is 5.52. The summed E-state index contributed by atoms with van der Waals surface area (Å²) >= 11 is 0. The molecule has 2 N–H and O–H groups in total. The van der Waals surface area contributed by atoms with Gasteiger partial charge in [0.15, 0.2) is 0 Å². The summed E-state index contributed by atoms with van der Waals surface area (Å²) in [5.74, 6) is 1.78. The van der Waals surface area contributed by atoms with E-state index in [1.807, 2.05) is 0 Å². The highest BCUT2D eigenvalue weighted by atomic mass is 16.5. The number of benzene rings is 1. The summed E-state index contributed by atoms with van der Waals surface area (Å²) in [4.78, 5) is 0. The van der Waals surface area contributed by atoms with Gasteiger partial charge < -0.3 is 14.9 Å². The summed E-state index contributed by atoms with van der Waals surface area (Å²) in [5.41, 5.74) is 3.56. The SMILES string of the molecule is COc1c(C(C)C)ccc2c1CCC1C2(C)CCC(O)C1(C)CO. The van der Waals surface area contributed by atoms with E-state index in [0.29, 0.717) is 11.8 Å². The van der Waals surface area contributed by atoms with Crippen LogP contribution in [0.25, 0.3) is 0 Å². The lowest BCUT2D eigenvalue weighted by Crippen LogP contribution is -2.56. The van der Waals surface area contributed by atoms with Crippen molar-refractivity contribution in [2.75, 3.05) is 13.7 Å². The Bertz CT molecular complexity index is 624. The minimum Gasteiger partial charge on any atom is -0.496 e. The van der Waals surface area contributed by atoms with Crippen LogP contribution in [-0.4, -0.2) is 30.0 Å². The zero-order chi connectivity index (χ0) is 17.7. The minimum atomic E-state index is -0.422. The molecule has 4 unspecified atom stereocenters. The number of methoxy groups -OCH3 is 1. The lowest BCUT2D eigenvalue weighted by molar-refractivity contribution is -0.110. The van der Waals surface area contributed by atoms with Crippen LogP contribution < -0.4 is 4.74 Å². The number of fused-ring (bicyclic) bond motifs is 3. The molecule has 2 aliphatic carbocycles. The second-order valence-electron chi connectivity index (χ2n) is 8.60. The van der Waals surface area contributed by atoms with Gasteiger partial charge in [0.2, 0.25) is 0 Å². The quantitative estimate of drug-likeness (QED) is 0.885. The lowest BCUT2D eigenvalue weighted by atomic mass is 9.49. The third-order valence-corrected chi connectivity index (χ3v) is 7.02. The van der Waals surface area contributed by atoms with E-state index < -0.39 is 11.5 Å². The molecule has 4 atom stereocenters. The van der Waals surface area contributed by atoms with Crippen LogP contribution in [0.15, 0.2) is 12.1 Å². The first-order chi connectivity index (χ1) is 11.3. The smallest absolute Gasteiger partial charge is 0.125 e. The van der Waals surface area contributed by atoms with Crippen LogP contribution in [0.5, 0.6) is 5.75 Å². The number of rotatable bonds is 3. The van der Waals surface area contributed by atoms with Crippen molar-refractivity contribution in [3.05, 3.63) is 28.8 Å². The average molecular weight is 332 g/mol. The fourth-order valence-corrected chi connectivity index (χ4v) is 5.50. The first kappa shape index (κ1) is 17.8. The molecule has 3 nitrogen and oxygen atoms in total. The topological polar surface area (TPSA) is 49.7 Å². The van der Waals surface area contributed by atoms with Gasteiger partial charge in [0.05, 0.1) is 19.8 Å². The molecule has 1 saturated carbocycles. The van der Waals surface area contributed by atoms with Crippen LogP contribution in [0.4, 0.5) is 0 Å². The first-order valence-electron chi connectivity index (χ1n) is 9.28. The van der Waals surface area contributed by atoms with Crippen LogP contribution in [0.1, 0.15) is 69.6 Å². The zero-order valence-electron chi connectivity index (χ0n) is 15.7. The molecule has 3 heteroatoms. The van der Waals surface area contributed by atoms with Crippen LogP contribution in [-0.2, 0) is 11.8 Å². The summed E-state index contributed by atoms with van der Waals surface area (Å²) in [5, 5.41) is 20.6. The van der Waals surface area contributed by atoms with E-state index in [1.54, 1.807) is 7.11 Å². The predicted molar refractivity (Wildman–Crippen MR) is 96.7 cm³/mol. The monoisotopic (exact) mass is 332 g/mol. The van der Waals surface area contributed by atoms with Crippen LogP contribution in [0.2, 0.25) is 0 Å². The molecule has 3 rings (SSSR count). The lowest BCUT2D eigenvalue weighted by Gasteiger charge is -2.57. The van der Waals surface area contributed by atoms with Gasteiger partial charge in [-0.15, -0.1) is 0 Å². The largest absolute Gasteiger partial charge is 0.496 e. The Morgan fingerprint density at radius 3 is 2.54 bits per heavy atom. The second kappa shape index (κ2) is 6.03. The van der Waals surface area contributed by atoms with Gasteiger partial charge in [0, 0.05) is 5.41 Å². The van der Waals surface area contributed by atoms with Gasteiger partial charge in [-0.1, -0.05) is 39.8 Å². The molecular formula is C21H32O3. The van der Waals surface area contributed by atoms with Gasteiger partial charge in [-0.2, -0.15) is 0 Å². The van der Waals surface area contributed by atoms with E-state index in [4.69, 9.17) is 4.74 Å². The first-order valence-corrected chi connectivity index (χ1v) is 9.28. The minimum absolute atomic E-state index is 0.00686. The molecule has 0 aromatic heterocycles. The molecule has 0 radical (unpaired) electrons. The Balaban J connectivity index is 2.15. The van der Waals surface area contributed by atoms with Gasteiger partial charge in [0.1, 0.15) is 5.75 Å². The Morgan fingerprint density at radius 2 is 1.96 bits per heavy atom. The Labute approximate surface area is 146 Å². The van der Waals surface area contributed by atoms with E-state index in [0.717, 1.165) is 31.4 Å². The molecule has 0 aliphatic heterocycles. The van der Waals surface area contributed by atoms with Crippen molar-refractivity contribution in [3.8, 4) is 5.75 Å². The molecule has 0 amide bonds. The Hall–Kier alpha value is -1.06. The van der Waals surface area contributed by atoms with E-state index >= 15 is 0 Å². The zero-order valence-corrected chi connectivity index (χ0v) is 15.7. The number of aliphatic hydroxyl groups excluding tert-OH is 2. The van der Waals surface area contributed by atoms with E-state index in [9.17, 15) is 10.2 Å². The molecule has 1 fully saturated rings. The van der Waals surface area contributed by atoms with Gasteiger partial charge in [0.25, 0.3) is 0 Å². The molecule has 134 valence electrons. The van der Waals surface area contributed by atoms with Crippen molar-refractivity contribution in [3.63, 3.8) is 0 Å². The molecule has 24 heavy (non-hydrogen) atoms. The molecule has 0 bridgehead atoms. The maximum atomic E-state index is 10.6. The highest BCUT2D eigenvalue weighted by Crippen LogP contribution is 2.58. The summed E-state index contributed by atoms with van der Waals surface area (Å²) < 4.78 is 5.83. The Kier molecular flexibility index (Phi) is 4.46. The molecule has 1 aromatic carbocycles. The van der Waals surface area contributed by atoms with Crippen molar-refractivity contribution in [2.45, 2.75) is 70.8 Å². The van der Waals surface area contributed by atoms with Gasteiger partial charge in [-0.05, 0) is 59.6 Å². The van der Waals surface area contributed by atoms with Crippen molar-refractivity contribution in [1.82, 2.24) is 0 Å². The van der Waals surface area contributed by atoms with Crippen molar-refractivity contribution >= 4 is 0 Å². The summed E-state index contributed by atoms with van der Waals surface area (Å²) in [7, 11) is 1.78. The van der Waals surface area contributed by atoms with Gasteiger partial charge >= 0.3 is 0 Å². The fraction of sp³-hybridized carbons (Fsp3) is 0.714. The second-order valence-corrected chi connectivity index (χ2v) is 8.60. The summed E-state index contributed by atoms with van der Waals surface area (Å²) in [6.45, 7) is 8.84. The number of aliphatic hydroxyl groups is 2. The molecule has 0 heterocycles. The maximum absolute atomic E-state index is 10.6. The highest BCUT2D eigenvalue weighted by Gasteiger charge is 2.55. The van der Waals surface area contributed by atoms with E-state index in [2.05, 4.69) is 39.8 Å². The van der Waals surface area contributed by atoms with Crippen LogP contribution in [0, 0.1) is 11.3 Å². The summed E-state index contributed by atoms with van der Waals surface area (Å²) in [6, 6.07) is 4.51. The van der Waals surface area contributed by atoms with Gasteiger partial charge in [-0.3, -0.25) is 0 Å². The average Bonchev–Trinajstić information content (AvgIpc) is 2.57. The maximum Gasteiger partial charge on any atom is 0.125 e. The number of hydrogen-bond donors (Lipinski definition) is 2. The third kappa shape index (κ3) is 2.32. The van der Waals surface area contributed by atoms with Crippen molar-refractivity contribution < 1.29 is 14.9 Å². The van der Waals surface area contributed by atoms with Crippen molar-refractivity contribution in [1.29, 1.82) is 0 Å². The van der Waals surface area contributed by atoms with Crippen LogP contribution in [0.3, 0.4) is 0 Å².